The van der Waals surface area contributed by atoms with E-state index in [4.69, 9.17) is 16.3 Å². The zero-order valence-electron chi connectivity index (χ0n) is 15.7. The molecule has 0 aliphatic heterocycles. The van der Waals surface area contributed by atoms with Crippen molar-refractivity contribution >= 4 is 34.9 Å². The molecule has 146 valence electrons. The van der Waals surface area contributed by atoms with Crippen molar-refractivity contribution in [1.82, 2.24) is 0 Å². The maximum atomic E-state index is 12.9. The van der Waals surface area contributed by atoms with Crippen molar-refractivity contribution in [3.8, 4) is 0 Å². The normalized spacial score (nSPS) is 15.1. The third-order valence-corrected chi connectivity index (χ3v) is 5.36. The zero-order valence-corrected chi connectivity index (χ0v) is 16.4. The molecule has 1 aliphatic carbocycles. The standard InChI is InChI=1S/C22H22ClNO4/c1-15(25)24-19-10-4-16(5-11-19)20(26)14-28-21(27)22(12-2-3-13-22)17-6-8-18(23)9-7-17/h4-11H,2-3,12-14H2,1H3,(H,24,25). The molecular formula is C22H22ClNO4. The molecule has 0 radical (unpaired) electrons. The number of Topliss-reactive ketones (excluding diaryl/α,β-unsaturated/α-hetero) is 1. The Labute approximate surface area is 169 Å². The summed E-state index contributed by atoms with van der Waals surface area (Å²) in [4.78, 5) is 36.4. The molecule has 1 saturated carbocycles. The van der Waals surface area contributed by atoms with Gasteiger partial charge in [-0.25, -0.2) is 0 Å². The highest BCUT2D eigenvalue weighted by molar-refractivity contribution is 6.30. The SMILES string of the molecule is CC(=O)Nc1ccc(C(=O)COC(=O)C2(c3ccc(Cl)cc3)CCCC2)cc1. The maximum absolute atomic E-state index is 12.9. The number of anilines is 1. The molecule has 2 aromatic carbocycles. The van der Waals surface area contributed by atoms with Crippen molar-refractivity contribution in [3.05, 3.63) is 64.7 Å². The van der Waals surface area contributed by atoms with Crippen LogP contribution in [0.1, 0.15) is 48.5 Å². The van der Waals surface area contributed by atoms with E-state index in [1.165, 1.54) is 6.92 Å². The van der Waals surface area contributed by atoms with Crippen molar-refractivity contribution in [2.24, 2.45) is 0 Å². The number of amides is 1. The van der Waals surface area contributed by atoms with Crippen LogP contribution in [-0.2, 0) is 19.7 Å². The number of ether oxygens (including phenoxy) is 1. The molecule has 0 bridgehead atoms. The van der Waals surface area contributed by atoms with E-state index in [1.807, 2.05) is 12.1 Å². The van der Waals surface area contributed by atoms with E-state index in [0.717, 1.165) is 18.4 Å². The van der Waals surface area contributed by atoms with Gasteiger partial charge in [0.05, 0.1) is 5.41 Å². The summed E-state index contributed by atoms with van der Waals surface area (Å²) in [6, 6.07) is 13.7. The summed E-state index contributed by atoms with van der Waals surface area (Å²) >= 11 is 5.97. The number of esters is 1. The van der Waals surface area contributed by atoms with E-state index in [-0.39, 0.29) is 24.3 Å². The molecule has 0 spiro atoms. The van der Waals surface area contributed by atoms with Crippen LogP contribution < -0.4 is 5.32 Å². The Morgan fingerprint density at radius 3 is 2.18 bits per heavy atom. The molecule has 0 saturated heterocycles. The summed E-state index contributed by atoms with van der Waals surface area (Å²) in [6.07, 6.45) is 3.28. The summed E-state index contributed by atoms with van der Waals surface area (Å²) in [6.45, 7) is 1.10. The molecule has 28 heavy (non-hydrogen) atoms. The van der Waals surface area contributed by atoms with E-state index in [2.05, 4.69) is 5.32 Å². The molecule has 6 heteroatoms. The van der Waals surface area contributed by atoms with Crippen LogP contribution in [-0.4, -0.2) is 24.3 Å². The van der Waals surface area contributed by atoms with Crippen LogP contribution in [0, 0.1) is 0 Å². The van der Waals surface area contributed by atoms with Gasteiger partial charge in [0, 0.05) is 23.2 Å². The summed E-state index contributed by atoms with van der Waals surface area (Å²) in [7, 11) is 0. The van der Waals surface area contributed by atoms with Gasteiger partial charge in [-0.3, -0.25) is 14.4 Å². The summed E-state index contributed by atoms with van der Waals surface area (Å²) < 4.78 is 5.43. The third kappa shape index (κ3) is 4.42. The first kappa shape index (κ1) is 20.1. The molecule has 3 rings (SSSR count). The average molecular weight is 400 g/mol. The maximum Gasteiger partial charge on any atom is 0.317 e. The molecular weight excluding hydrogens is 378 g/mol. The fourth-order valence-electron chi connectivity index (χ4n) is 3.65. The van der Waals surface area contributed by atoms with E-state index in [0.29, 0.717) is 29.1 Å². The summed E-state index contributed by atoms with van der Waals surface area (Å²) in [5.41, 5.74) is 1.20. The lowest BCUT2D eigenvalue weighted by atomic mass is 9.79. The van der Waals surface area contributed by atoms with Crippen LogP contribution in [0.3, 0.4) is 0 Å². The van der Waals surface area contributed by atoms with Gasteiger partial charge in [-0.2, -0.15) is 0 Å². The highest BCUT2D eigenvalue weighted by Gasteiger charge is 2.44. The fourth-order valence-corrected chi connectivity index (χ4v) is 3.78. The van der Waals surface area contributed by atoms with Gasteiger partial charge in [0.15, 0.2) is 12.4 Å². The smallest absolute Gasteiger partial charge is 0.317 e. The quantitative estimate of drug-likeness (QED) is 0.571. The number of halogens is 1. The molecule has 0 unspecified atom stereocenters. The first-order valence-electron chi connectivity index (χ1n) is 9.25. The Kier molecular flexibility index (Phi) is 6.15. The topological polar surface area (TPSA) is 72.5 Å². The fraction of sp³-hybridized carbons (Fsp3) is 0.318. The molecule has 1 fully saturated rings. The Balaban J connectivity index is 1.67. The van der Waals surface area contributed by atoms with Crippen LogP contribution in [0.25, 0.3) is 0 Å². The average Bonchev–Trinajstić information content (AvgIpc) is 3.17. The van der Waals surface area contributed by atoms with Gasteiger partial charge in [0.1, 0.15) is 0 Å². The Bertz CT molecular complexity index is 868. The van der Waals surface area contributed by atoms with Crippen molar-refractivity contribution in [2.75, 3.05) is 11.9 Å². The lowest BCUT2D eigenvalue weighted by Gasteiger charge is -2.27. The second-order valence-electron chi connectivity index (χ2n) is 7.05. The van der Waals surface area contributed by atoms with Crippen molar-refractivity contribution in [1.29, 1.82) is 0 Å². The van der Waals surface area contributed by atoms with Gasteiger partial charge < -0.3 is 10.1 Å². The van der Waals surface area contributed by atoms with E-state index >= 15 is 0 Å². The van der Waals surface area contributed by atoms with Gasteiger partial charge >= 0.3 is 5.97 Å². The first-order chi connectivity index (χ1) is 13.4. The minimum Gasteiger partial charge on any atom is -0.457 e. The van der Waals surface area contributed by atoms with Gasteiger partial charge in [-0.05, 0) is 54.8 Å². The van der Waals surface area contributed by atoms with Crippen molar-refractivity contribution in [3.63, 3.8) is 0 Å². The molecule has 5 nitrogen and oxygen atoms in total. The number of carbonyl (C=O) groups is 3. The highest BCUT2D eigenvalue weighted by Crippen LogP contribution is 2.42. The number of carbonyl (C=O) groups excluding carboxylic acids is 3. The van der Waals surface area contributed by atoms with Crippen LogP contribution in [0.2, 0.25) is 5.02 Å². The molecule has 1 aliphatic rings. The number of hydrogen-bond acceptors (Lipinski definition) is 4. The largest absolute Gasteiger partial charge is 0.457 e. The van der Waals surface area contributed by atoms with Crippen LogP contribution in [0.5, 0.6) is 0 Å². The molecule has 1 N–H and O–H groups in total. The summed E-state index contributed by atoms with van der Waals surface area (Å²) in [5, 5.41) is 3.25. The molecule has 1 amide bonds. The Hall–Kier alpha value is -2.66. The molecule has 2 aromatic rings. The Morgan fingerprint density at radius 2 is 1.61 bits per heavy atom. The van der Waals surface area contributed by atoms with Crippen LogP contribution >= 0.6 is 11.6 Å². The number of hydrogen-bond donors (Lipinski definition) is 1. The van der Waals surface area contributed by atoms with Crippen LogP contribution in [0.4, 0.5) is 5.69 Å². The van der Waals surface area contributed by atoms with Gasteiger partial charge in [0.2, 0.25) is 5.91 Å². The molecule has 0 aromatic heterocycles. The molecule has 0 atom stereocenters. The van der Waals surface area contributed by atoms with E-state index in [1.54, 1.807) is 36.4 Å². The number of ketones is 1. The monoisotopic (exact) mass is 399 g/mol. The zero-order chi connectivity index (χ0) is 20.1. The Morgan fingerprint density at radius 1 is 1.00 bits per heavy atom. The third-order valence-electron chi connectivity index (χ3n) is 5.11. The molecule has 0 heterocycles. The number of rotatable bonds is 6. The van der Waals surface area contributed by atoms with Crippen LogP contribution in [0.15, 0.2) is 48.5 Å². The predicted molar refractivity (Wildman–Crippen MR) is 108 cm³/mol. The minimum atomic E-state index is -0.708. The van der Waals surface area contributed by atoms with Gasteiger partial charge in [0.25, 0.3) is 0 Å². The van der Waals surface area contributed by atoms with Gasteiger partial charge in [-0.1, -0.05) is 36.6 Å². The van der Waals surface area contributed by atoms with Crippen molar-refractivity contribution in [2.45, 2.75) is 38.0 Å². The number of nitrogens with one attached hydrogen (secondary N) is 1. The number of benzene rings is 2. The summed E-state index contributed by atoms with van der Waals surface area (Å²) in [5.74, 6) is -0.834. The van der Waals surface area contributed by atoms with Crippen molar-refractivity contribution < 1.29 is 19.1 Å². The lowest BCUT2D eigenvalue weighted by molar-refractivity contribution is -0.149. The predicted octanol–water partition coefficient (Wildman–Crippen LogP) is 4.54. The highest BCUT2D eigenvalue weighted by atomic mass is 35.5. The second kappa shape index (κ2) is 8.57. The lowest BCUT2D eigenvalue weighted by Crippen LogP contribution is -2.35. The minimum absolute atomic E-state index is 0.183. The first-order valence-corrected chi connectivity index (χ1v) is 9.63. The second-order valence-corrected chi connectivity index (χ2v) is 7.49. The van der Waals surface area contributed by atoms with Gasteiger partial charge in [-0.15, -0.1) is 0 Å². The van der Waals surface area contributed by atoms with E-state index in [9.17, 15) is 14.4 Å². The van der Waals surface area contributed by atoms with E-state index < -0.39 is 5.41 Å².